The van der Waals surface area contributed by atoms with E-state index < -0.39 is 0 Å². The molecule has 2 heteroatoms. The summed E-state index contributed by atoms with van der Waals surface area (Å²) in [5, 5.41) is 0.844. The summed E-state index contributed by atoms with van der Waals surface area (Å²) in [5.74, 6) is 0. The second-order valence-corrected chi connectivity index (χ2v) is 7.19. The number of nitrogens with two attached hydrogens (primary N) is 1. The van der Waals surface area contributed by atoms with E-state index in [9.17, 15) is 0 Å². The lowest BCUT2D eigenvalue weighted by Crippen LogP contribution is -2.21. The minimum atomic E-state index is 0.302. The first-order chi connectivity index (χ1) is 9.19. The van der Waals surface area contributed by atoms with Gasteiger partial charge in [-0.05, 0) is 49.8 Å². The first-order valence-corrected chi connectivity index (χ1v) is 8.58. The summed E-state index contributed by atoms with van der Waals surface area (Å²) in [7, 11) is 0. The Morgan fingerprint density at radius 2 is 2.00 bits per heavy atom. The van der Waals surface area contributed by atoms with Crippen LogP contribution in [0.2, 0.25) is 0 Å². The zero-order valence-electron chi connectivity index (χ0n) is 12.3. The number of rotatable bonds is 5. The predicted molar refractivity (Wildman–Crippen MR) is 85.9 cm³/mol. The highest BCUT2D eigenvalue weighted by Gasteiger charge is 2.15. The number of thioether (sulfide) groups is 1. The lowest BCUT2D eigenvalue weighted by atomic mass is 10.0. The largest absolute Gasteiger partial charge is 0.327 e. The summed E-state index contributed by atoms with van der Waals surface area (Å²) in [5.41, 5.74) is 8.85. The van der Waals surface area contributed by atoms with Gasteiger partial charge in [0.05, 0.1) is 0 Å². The molecule has 1 unspecified atom stereocenters. The van der Waals surface area contributed by atoms with Crippen molar-refractivity contribution < 1.29 is 0 Å². The Balaban J connectivity index is 1.98. The summed E-state index contributed by atoms with van der Waals surface area (Å²) < 4.78 is 0. The van der Waals surface area contributed by atoms with Crippen molar-refractivity contribution in [3.05, 3.63) is 29.3 Å². The van der Waals surface area contributed by atoms with E-state index in [2.05, 4.69) is 43.8 Å². The Bertz CT molecular complexity index is 396. The van der Waals surface area contributed by atoms with E-state index in [1.807, 2.05) is 0 Å². The Hall–Kier alpha value is -0.470. The van der Waals surface area contributed by atoms with Gasteiger partial charge in [0.1, 0.15) is 0 Å². The van der Waals surface area contributed by atoms with E-state index >= 15 is 0 Å². The summed E-state index contributed by atoms with van der Waals surface area (Å²) in [6, 6.07) is 7.22. The Labute approximate surface area is 122 Å². The molecule has 19 heavy (non-hydrogen) atoms. The van der Waals surface area contributed by atoms with Crippen LogP contribution in [0.1, 0.15) is 56.6 Å². The molecule has 1 saturated carbocycles. The van der Waals surface area contributed by atoms with E-state index in [1.165, 1.54) is 48.1 Å². The Kier molecular flexibility index (Phi) is 5.77. The van der Waals surface area contributed by atoms with Gasteiger partial charge in [-0.3, -0.25) is 0 Å². The van der Waals surface area contributed by atoms with Crippen molar-refractivity contribution in [2.24, 2.45) is 5.73 Å². The van der Waals surface area contributed by atoms with Gasteiger partial charge in [0.25, 0.3) is 0 Å². The molecule has 2 N–H and O–H groups in total. The molecule has 1 aliphatic rings. The van der Waals surface area contributed by atoms with Crippen molar-refractivity contribution in [2.45, 2.75) is 75.0 Å². The standard InChI is InChI=1S/C17H27NS/c1-3-15(18)12-14-9-10-17(13(2)11-14)19-16-7-5-4-6-8-16/h9-11,15-16H,3-8,12,18H2,1-2H3. The second-order valence-electron chi connectivity index (χ2n) is 5.85. The zero-order valence-corrected chi connectivity index (χ0v) is 13.1. The van der Waals surface area contributed by atoms with Crippen LogP contribution in [-0.4, -0.2) is 11.3 Å². The molecular weight excluding hydrogens is 250 g/mol. The third kappa shape index (κ3) is 4.54. The average molecular weight is 277 g/mol. The minimum Gasteiger partial charge on any atom is -0.327 e. The maximum atomic E-state index is 6.04. The molecular formula is C17H27NS. The SMILES string of the molecule is CCC(N)Cc1ccc(SC2CCCCC2)c(C)c1. The summed E-state index contributed by atoms with van der Waals surface area (Å²) in [6.07, 6.45) is 9.12. The number of hydrogen-bond donors (Lipinski definition) is 1. The van der Waals surface area contributed by atoms with Crippen LogP contribution in [0.5, 0.6) is 0 Å². The Morgan fingerprint density at radius 1 is 1.26 bits per heavy atom. The topological polar surface area (TPSA) is 26.0 Å². The molecule has 2 rings (SSSR count). The predicted octanol–water partition coefficient (Wildman–Crippen LogP) is 4.70. The molecule has 0 saturated heterocycles. The fraction of sp³-hybridized carbons (Fsp3) is 0.647. The summed E-state index contributed by atoms with van der Waals surface area (Å²) in [4.78, 5) is 1.47. The molecule has 0 spiro atoms. The summed E-state index contributed by atoms with van der Waals surface area (Å²) in [6.45, 7) is 4.40. The lowest BCUT2D eigenvalue weighted by molar-refractivity contribution is 0.516. The molecule has 106 valence electrons. The molecule has 1 fully saturated rings. The molecule has 0 heterocycles. The van der Waals surface area contributed by atoms with Gasteiger partial charge in [-0.25, -0.2) is 0 Å². The smallest absolute Gasteiger partial charge is 0.0104 e. The molecule has 1 nitrogen and oxygen atoms in total. The van der Waals surface area contributed by atoms with Crippen molar-refractivity contribution in [3.63, 3.8) is 0 Å². The monoisotopic (exact) mass is 277 g/mol. The number of hydrogen-bond acceptors (Lipinski definition) is 2. The van der Waals surface area contributed by atoms with Crippen molar-refractivity contribution >= 4 is 11.8 Å². The highest BCUT2D eigenvalue weighted by atomic mass is 32.2. The maximum Gasteiger partial charge on any atom is 0.0104 e. The normalized spacial score (nSPS) is 18.5. The molecule has 0 amide bonds. The Morgan fingerprint density at radius 3 is 2.63 bits per heavy atom. The van der Waals surface area contributed by atoms with E-state index in [0.717, 1.165) is 18.1 Å². The van der Waals surface area contributed by atoms with Crippen molar-refractivity contribution in [1.29, 1.82) is 0 Å². The first-order valence-electron chi connectivity index (χ1n) is 7.70. The molecule has 0 bridgehead atoms. The molecule has 0 radical (unpaired) electrons. The van der Waals surface area contributed by atoms with Gasteiger partial charge in [0.2, 0.25) is 0 Å². The van der Waals surface area contributed by atoms with Gasteiger partial charge in [-0.2, -0.15) is 0 Å². The highest BCUT2D eigenvalue weighted by Crippen LogP contribution is 2.35. The van der Waals surface area contributed by atoms with E-state index in [0.29, 0.717) is 6.04 Å². The van der Waals surface area contributed by atoms with E-state index in [1.54, 1.807) is 0 Å². The number of aryl methyl sites for hydroxylation is 1. The fourth-order valence-electron chi connectivity index (χ4n) is 2.78. The van der Waals surface area contributed by atoms with E-state index in [4.69, 9.17) is 5.73 Å². The van der Waals surface area contributed by atoms with Crippen molar-refractivity contribution in [1.82, 2.24) is 0 Å². The van der Waals surface area contributed by atoms with Crippen LogP contribution >= 0.6 is 11.8 Å². The number of benzene rings is 1. The van der Waals surface area contributed by atoms with Gasteiger partial charge in [-0.1, -0.05) is 38.3 Å². The van der Waals surface area contributed by atoms with Crippen LogP contribution in [0.3, 0.4) is 0 Å². The summed E-state index contributed by atoms with van der Waals surface area (Å²) >= 11 is 2.09. The van der Waals surface area contributed by atoms with E-state index in [-0.39, 0.29) is 0 Å². The van der Waals surface area contributed by atoms with Gasteiger partial charge in [0.15, 0.2) is 0 Å². The third-order valence-electron chi connectivity index (χ3n) is 4.11. The molecule has 1 aromatic rings. The van der Waals surface area contributed by atoms with Crippen LogP contribution in [-0.2, 0) is 6.42 Å². The van der Waals surface area contributed by atoms with Crippen LogP contribution in [0.4, 0.5) is 0 Å². The van der Waals surface area contributed by atoms with Crippen LogP contribution in [0.25, 0.3) is 0 Å². The fourth-order valence-corrected chi connectivity index (χ4v) is 4.10. The average Bonchev–Trinajstić information content (AvgIpc) is 2.43. The quantitative estimate of drug-likeness (QED) is 0.844. The van der Waals surface area contributed by atoms with Crippen molar-refractivity contribution in [3.8, 4) is 0 Å². The van der Waals surface area contributed by atoms with Crippen molar-refractivity contribution in [2.75, 3.05) is 0 Å². The molecule has 1 atom stereocenters. The third-order valence-corrected chi connectivity index (χ3v) is 5.62. The van der Waals surface area contributed by atoms with Crippen LogP contribution in [0.15, 0.2) is 23.1 Å². The maximum absolute atomic E-state index is 6.04. The first kappa shape index (κ1) is 14.9. The van der Waals surface area contributed by atoms with Gasteiger partial charge in [0, 0.05) is 16.2 Å². The molecule has 0 aromatic heterocycles. The van der Waals surface area contributed by atoms with Crippen LogP contribution < -0.4 is 5.73 Å². The highest BCUT2D eigenvalue weighted by molar-refractivity contribution is 8.00. The van der Waals surface area contributed by atoms with Crippen LogP contribution in [0, 0.1) is 6.92 Å². The molecule has 1 aromatic carbocycles. The lowest BCUT2D eigenvalue weighted by Gasteiger charge is -2.22. The molecule has 0 aliphatic heterocycles. The van der Waals surface area contributed by atoms with Gasteiger partial charge >= 0.3 is 0 Å². The zero-order chi connectivity index (χ0) is 13.7. The van der Waals surface area contributed by atoms with Gasteiger partial charge < -0.3 is 5.73 Å². The second kappa shape index (κ2) is 7.35. The minimum absolute atomic E-state index is 0.302. The molecule has 1 aliphatic carbocycles. The van der Waals surface area contributed by atoms with Gasteiger partial charge in [-0.15, -0.1) is 11.8 Å².